The molecule has 12 heavy (non-hydrogen) atoms. The predicted molar refractivity (Wildman–Crippen MR) is 39.8 cm³/mol. The van der Waals surface area contributed by atoms with Gasteiger partial charge in [-0.05, 0) is 6.42 Å². The van der Waals surface area contributed by atoms with Crippen LogP contribution in [-0.2, 0) is 9.36 Å². The standard InChI is InChI=1S/C5H11O6P/c6-2-1-4(3-5(7)8)12(9,10)11/h4,6H,1-3H2,(H,7,8)(H2,9,10,11). The number of carboxylic acid groups (broad SMARTS) is 1. The Morgan fingerprint density at radius 2 is 1.92 bits per heavy atom. The Bertz CT molecular complexity index is 196. The molecule has 72 valence electrons. The highest BCUT2D eigenvalue weighted by molar-refractivity contribution is 7.52. The number of aliphatic carboxylic acids is 1. The molecule has 0 rings (SSSR count). The van der Waals surface area contributed by atoms with Crippen LogP contribution in [-0.4, -0.2) is 38.2 Å². The second-order valence-corrected chi connectivity index (χ2v) is 4.26. The van der Waals surface area contributed by atoms with Gasteiger partial charge in [-0.3, -0.25) is 9.36 Å². The fourth-order valence-corrected chi connectivity index (χ4v) is 1.59. The maximum absolute atomic E-state index is 10.6. The van der Waals surface area contributed by atoms with Crippen molar-refractivity contribution in [3.63, 3.8) is 0 Å². The molecule has 0 aliphatic carbocycles. The Labute approximate surface area is 69.0 Å². The first-order valence-electron chi connectivity index (χ1n) is 3.25. The molecular weight excluding hydrogens is 187 g/mol. The van der Waals surface area contributed by atoms with Crippen molar-refractivity contribution in [2.24, 2.45) is 0 Å². The summed E-state index contributed by atoms with van der Waals surface area (Å²) in [5.74, 6) is -1.28. The number of rotatable bonds is 5. The summed E-state index contributed by atoms with van der Waals surface area (Å²) in [6, 6.07) is 0. The van der Waals surface area contributed by atoms with E-state index < -0.39 is 32.3 Å². The molecule has 0 bridgehead atoms. The number of hydrogen-bond acceptors (Lipinski definition) is 3. The van der Waals surface area contributed by atoms with Gasteiger partial charge in [-0.15, -0.1) is 0 Å². The molecule has 7 heteroatoms. The van der Waals surface area contributed by atoms with Gasteiger partial charge in [-0.2, -0.15) is 0 Å². The lowest BCUT2D eigenvalue weighted by atomic mass is 10.2. The molecule has 0 radical (unpaired) electrons. The van der Waals surface area contributed by atoms with Crippen LogP contribution < -0.4 is 0 Å². The van der Waals surface area contributed by atoms with Crippen LogP contribution in [0.1, 0.15) is 12.8 Å². The molecule has 0 aliphatic heterocycles. The summed E-state index contributed by atoms with van der Waals surface area (Å²) in [5, 5.41) is 16.6. The second-order valence-electron chi connectivity index (χ2n) is 2.35. The molecule has 0 aromatic heterocycles. The van der Waals surface area contributed by atoms with E-state index in [4.69, 9.17) is 20.0 Å². The van der Waals surface area contributed by atoms with Gasteiger partial charge < -0.3 is 20.0 Å². The largest absolute Gasteiger partial charge is 0.481 e. The predicted octanol–water partition coefficient (Wildman–Crippen LogP) is -0.610. The summed E-state index contributed by atoms with van der Waals surface area (Å²) >= 11 is 0. The molecule has 6 nitrogen and oxygen atoms in total. The fourth-order valence-electron chi connectivity index (χ4n) is 0.740. The van der Waals surface area contributed by atoms with Gasteiger partial charge in [0.25, 0.3) is 0 Å². The minimum absolute atomic E-state index is 0.198. The monoisotopic (exact) mass is 198 g/mol. The zero-order valence-electron chi connectivity index (χ0n) is 6.25. The molecular formula is C5H11O6P. The van der Waals surface area contributed by atoms with Gasteiger partial charge in [0.15, 0.2) is 0 Å². The smallest absolute Gasteiger partial charge is 0.329 e. The number of carboxylic acids is 1. The molecule has 0 aromatic rings. The normalized spacial score (nSPS) is 14.2. The Hall–Kier alpha value is -0.420. The lowest BCUT2D eigenvalue weighted by Crippen LogP contribution is -2.15. The molecule has 4 N–H and O–H groups in total. The van der Waals surface area contributed by atoms with Gasteiger partial charge in [0.05, 0.1) is 12.1 Å². The zero-order chi connectivity index (χ0) is 9.78. The van der Waals surface area contributed by atoms with E-state index in [1.165, 1.54) is 0 Å². The number of hydrogen-bond donors (Lipinski definition) is 4. The summed E-state index contributed by atoms with van der Waals surface area (Å²) in [6.45, 7) is -0.428. The topological polar surface area (TPSA) is 115 Å². The van der Waals surface area contributed by atoms with Crippen molar-refractivity contribution in [1.82, 2.24) is 0 Å². The van der Waals surface area contributed by atoms with E-state index in [0.29, 0.717) is 0 Å². The molecule has 1 unspecified atom stereocenters. The quantitative estimate of drug-likeness (QED) is 0.438. The van der Waals surface area contributed by atoms with Crippen molar-refractivity contribution < 1.29 is 29.4 Å². The maximum atomic E-state index is 10.6. The van der Waals surface area contributed by atoms with Gasteiger partial charge in [0, 0.05) is 6.61 Å². The Kier molecular flexibility index (Phi) is 4.41. The van der Waals surface area contributed by atoms with Gasteiger partial charge >= 0.3 is 13.6 Å². The first-order chi connectivity index (χ1) is 5.38. The van der Waals surface area contributed by atoms with Crippen molar-refractivity contribution >= 4 is 13.6 Å². The van der Waals surface area contributed by atoms with Gasteiger partial charge in [-0.1, -0.05) is 0 Å². The molecule has 0 saturated heterocycles. The summed E-state index contributed by atoms with van der Waals surface area (Å²) in [4.78, 5) is 27.3. The first kappa shape index (κ1) is 11.6. The summed E-state index contributed by atoms with van der Waals surface area (Å²) in [6.07, 6.45) is -0.818. The minimum atomic E-state index is -4.39. The number of aliphatic hydroxyl groups is 1. The van der Waals surface area contributed by atoms with Crippen LogP contribution >= 0.6 is 7.60 Å². The second kappa shape index (κ2) is 4.57. The van der Waals surface area contributed by atoms with E-state index >= 15 is 0 Å². The van der Waals surface area contributed by atoms with E-state index in [0.717, 1.165) is 0 Å². The average Bonchev–Trinajstić information content (AvgIpc) is 1.83. The van der Waals surface area contributed by atoms with Crippen molar-refractivity contribution in [3.8, 4) is 0 Å². The van der Waals surface area contributed by atoms with E-state index in [9.17, 15) is 9.36 Å². The Morgan fingerprint density at radius 3 is 2.17 bits per heavy atom. The molecule has 0 spiro atoms. The maximum Gasteiger partial charge on any atom is 0.329 e. The van der Waals surface area contributed by atoms with Crippen molar-refractivity contribution in [3.05, 3.63) is 0 Å². The molecule has 0 amide bonds. The van der Waals surface area contributed by atoms with Gasteiger partial charge in [0.1, 0.15) is 0 Å². The highest BCUT2D eigenvalue weighted by Gasteiger charge is 2.30. The Balaban J connectivity index is 4.24. The number of aliphatic hydroxyl groups excluding tert-OH is 1. The van der Waals surface area contributed by atoms with E-state index in [-0.39, 0.29) is 6.42 Å². The molecule has 0 fully saturated rings. The van der Waals surface area contributed by atoms with E-state index in [1.54, 1.807) is 0 Å². The fraction of sp³-hybridized carbons (Fsp3) is 0.800. The van der Waals surface area contributed by atoms with Crippen molar-refractivity contribution in [2.45, 2.75) is 18.5 Å². The summed E-state index contributed by atoms with van der Waals surface area (Å²) < 4.78 is 10.6. The lowest BCUT2D eigenvalue weighted by molar-refractivity contribution is -0.137. The number of carbonyl (C=O) groups is 1. The highest BCUT2D eigenvalue weighted by Crippen LogP contribution is 2.44. The van der Waals surface area contributed by atoms with Crippen LogP contribution in [0.3, 0.4) is 0 Å². The van der Waals surface area contributed by atoms with Crippen LogP contribution in [0.4, 0.5) is 0 Å². The molecule has 0 heterocycles. The average molecular weight is 198 g/mol. The van der Waals surface area contributed by atoms with Gasteiger partial charge in [-0.25, -0.2) is 0 Å². The van der Waals surface area contributed by atoms with Crippen LogP contribution in [0.15, 0.2) is 0 Å². The van der Waals surface area contributed by atoms with Crippen LogP contribution in [0.25, 0.3) is 0 Å². The summed E-state index contributed by atoms with van der Waals surface area (Å²) in [7, 11) is -4.39. The highest BCUT2D eigenvalue weighted by atomic mass is 31.2. The molecule has 0 aromatic carbocycles. The minimum Gasteiger partial charge on any atom is -0.481 e. The molecule has 1 atom stereocenters. The summed E-state index contributed by atoms with van der Waals surface area (Å²) in [5.41, 5.74) is -1.28. The van der Waals surface area contributed by atoms with Crippen molar-refractivity contribution in [2.75, 3.05) is 6.61 Å². The molecule has 0 aliphatic rings. The SMILES string of the molecule is O=C(O)CC(CCO)P(=O)(O)O. The third kappa shape index (κ3) is 4.46. The first-order valence-corrected chi connectivity index (χ1v) is 4.94. The lowest BCUT2D eigenvalue weighted by Gasteiger charge is -2.14. The Morgan fingerprint density at radius 1 is 1.42 bits per heavy atom. The van der Waals surface area contributed by atoms with Gasteiger partial charge in [0.2, 0.25) is 0 Å². The van der Waals surface area contributed by atoms with E-state index in [1.807, 2.05) is 0 Å². The third-order valence-corrected chi connectivity index (χ3v) is 2.74. The zero-order valence-corrected chi connectivity index (χ0v) is 7.15. The molecule has 0 saturated carbocycles. The van der Waals surface area contributed by atoms with Crippen LogP contribution in [0.5, 0.6) is 0 Å². The van der Waals surface area contributed by atoms with Crippen molar-refractivity contribution in [1.29, 1.82) is 0 Å². The van der Waals surface area contributed by atoms with E-state index in [2.05, 4.69) is 0 Å². The van der Waals surface area contributed by atoms with Crippen LogP contribution in [0.2, 0.25) is 0 Å². The van der Waals surface area contributed by atoms with Crippen LogP contribution in [0, 0.1) is 0 Å². The third-order valence-electron chi connectivity index (χ3n) is 1.35.